The minimum absolute atomic E-state index is 0.484. The fourth-order valence-electron chi connectivity index (χ4n) is 3.10. The monoisotopic (exact) mass is 350 g/mol. The lowest BCUT2D eigenvalue weighted by atomic mass is 9.93. The van der Waals surface area contributed by atoms with Crippen molar-refractivity contribution in [1.29, 1.82) is 0 Å². The van der Waals surface area contributed by atoms with Gasteiger partial charge in [-0.2, -0.15) is 0 Å². The number of benzene rings is 4. The van der Waals surface area contributed by atoms with E-state index in [0.29, 0.717) is 5.92 Å². The van der Waals surface area contributed by atoms with Crippen molar-refractivity contribution >= 4 is 0 Å². The topological polar surface area (TPSA) is 0 Å². The third-order valence-corrected chi connectivity index (χ3v) is 4.69. The van der Waals surface area contributed by atoms with Crippen molar-refractivity contribution in [3.8, 4) is 0 Å². The summed E-state index contributed by atoms with van der Waals surface area (Å²) >= 11 is 0. The van der Waals surface area contributed by atoms with Crippen LogP contribution in [0.4, 0.5) is 0 Å². The average Bonchev–Trinajstić information content (AvgIpc) is 2.76. The van der Waals surface area contributed by atoms with Gasteiger partial charge in [0.2, 0.25) is 0 Å². The molecule has 0 aliphatic carbocycles. The molecule has 0 bridgehead atoms. The van der Waals surface area contributed by atoms with Crippen LogP contribution in [0.5, 0.6) is 0 Å². The van der Waals surface area contributed by atoms with Gasteiger partial charge in [-0.25, -0.2) is 0 Å². The fourth-order valence-corrected chi connectivity index (χ4v) is 3.10. The van der Waals surface area contributed by atoms with Gasteiger partial charge in [-0.1, -0.05) is 128 Å². The predicted octanol–water partition coefficient (Wildman–Crippen LogP) is 7.12. The Morgan fingerprint density at radius 3 is 1.07 bits per heavy atom. The molecule has 0 amide bonds. The number of hydrogen-bond acceptors (Lipinski definition) is 0. The molecule has 0 aliphatic rings. The molecule has 0 saturated heterocycles. The highest BCUT2D eigenvalue weighted by Gasteiger charge is 2.05. The summed E-state index contributed by atoms with van der Waals surface area (Å²) in [6, 6.07) is 42.3. The molecule has 0 fully saturated rings. The molecule has 4 aromatic carbocycles. The molecule has 0 unspecified atom stereocenters. The first-order valence-electron chi connectivity index (χ1n) is 9.50. The molecule has 27 heavy (non-hydrogen) atoms. The molecule has 0 saturated carbocycles. The van der Waals surface area contributed by atoms with Crippen molar-refractivity contribution in [2.75, 3.05) is 0 Å². The second-order valence-electron chi connectivity index (χ2n) is 6.69. The summed E-state index contributed by atoms with van der Waals surface area (Å²) in [6.45, 7) is 2.24. The lowest BCUT2D eigenvalue weighted by Crippen LogP contribution is -1.94. The first kappa shape index (κ1) is 18.7. The zero-order chi connectivity index (χ0) is 18.7. The summed E-state index contributed by atoms with van der Waals surface area (Å²) in [5.41, 5.74) is 5.49. The van der Waals surface area contributed by atoms with Crippen LogP contribution in [0, 0.1) is 0 Å². The molecule has 0 N–H and O–H groups in total. The Kier molecular flexibility index (Phi) is 7.00. The minimum Gasteiger partial charge on any atom is -0.0622 e. The van der Waals surface area contributed by atoms with Crippen LogP contribution < -0.4 is 0 Å². The van der Waals surface area contributed by atoms with E-state index < -0.39 is 0 Å². The van der Waals surface area contributed by atoms with Crippen LogP contribution in [0.2, 0.25) is 0 Å². The summed E-state index contributed by atoms with van der Waals surface area (Å²) in [7, 11) is 0. The number of hydrogen-bond donors (Lipinski definition) is 0. The molecule has 4 aromatic rings. The van der Waals surface area contributed by atoms with Crippen LogP contribution in [0.3, 0.4) is 0 Å². The zero-order valence-corrected chi connectivity index (χ0v) is 15.8. The predicted molar refractivity (Wildman–Crippen MR) is 116 cm³/mol. The molecule has 0 heteroatoms. The average molecular weight is 351 g/mol. The van der Waals surface area contributed by atoms with Crippen LogP contribution in [0.15, 0.2) is 121 Å². The van der Waals surface area contributed by atoms with Gasteiger partial charge < -0.3 is 0 Å². The van der Waals surface area contributed by atoms with E-state index in [1.54, 1.807) is 0 Å². The lowest BCUT2D eigenvalue weighted by Gasteiger charge is -2.11. The maximum absolute atomic E-state index is 2.24. The van der Waals surface area contributed by atoms with Crippen molar-refractivity contribution in [2.45, 2.75) is 19.3 Å². The van der Waals surface area contributed by atoms with Crippen molar-refractivity contribution < 1.29 is 0 Å². The first-order chi connectivity index (χ1) is 13.3. The summed E-state index contributed by atoms with van der Waals surface area (Å²) in [4.78, 5) is 0. The van der Waals surface area contributed by atoms with Gasteiger partial charge in [-0.05, 0) is 28.7 Å². The van der Waals surface area contributed by atoms with Gasteiger partial charge in [0.1, 0.15) is 0 Å². The summed E-state index contributed by atoms with van der Waals surface area (Å²) < 4.78 is 0. The molecule has 0 nitrogen and oxygen atoms in total. The van der Waals surface area contributed by atoms with E-state index in [1.807, 2.05) is 0 Å². The van der Waals surface area contributed by atoms with E-state index in [9.17, 15) is 0 Å². The minimum atomic E-state index is 0.484. The lowest BCUT2D eigenvalue weighted by molar-refractivity contribution is 0.922. The van der Waals surface area contributed by atoms with E-state index >= 15 is 0 Å². The van der Waals surface area contributed by atoms with Crippen molar-refractivity contribution in [2.24, 2.45) is 0 Å². The van der Waals surface area contributed by atoms with Crippen LogP contribution in [0.25, 0.3) is 0 Å². The van der Waals surface area contributed by atoms with Crippen molar-refractivity contribution in [3.05, 3.63) is 144 Å². The molecule has 0 aromatic heterocycles. The highest BCUT2D eigenvalue weighted by Crippen LogP contribution is 2.22. The van der Waals surface area contributed by atoms with Crippen LogP contribution >= 0.6 is 0 Å². The third-order valence-electron chi connectivity index (χ3n) is 4.69. The smallest absolute Gasteiger partial charge is 0.00610 e. The van der Waals surface area contributed by atoms with Crippen molar-refractivity contribution in [1.82, 2.24) is 0 Å². The Bertz CT molecular complexity index is 805. The van der Waals surface area contributed by atoms with Crippen LogP contribution in [-0.4, -0.2) is 0 Å². The Balaban J connectivity index is 0.000000156. The summed E-state index contributed by atoms with van der Waals surface area (Å²) in [6.07, 6.45) is 1.03. The maximum Gasteiger partial charge on any atom is 0.00610 e. The molecule has 0 radical (unpaired) electrons. The summed E-state index contributed by atoms with van der Waals surface area (Å²) in [5.74, 6) is 0.484. The van der Waals surface area contributed by atoms with Gasteiger partial charge in [-0.15, -0.1) is 0 Å². The second-order valence-corrected chi connectivity index (χ2v) is 6.69. The van der Waals surface area contributed by atoms with E-state index in [0.717, 1.165) is 6.42 Å². The fraction of sp³-hybridized carbons (Fsp3) is 0.111. The third kappa shape index (κ3) is 5.97. The Labute approximate surface area is 163 Å². The molecule has 0 spiro atoms. The highest BCUT2D eigenvalue weighted by atomic mass is 14.1. The maximum atomic E-state index is 2.24. The van der Waals surface area contributed by atoms with Crippen LogP contribution in [-0.2, 0) is 6.42 Å². The Morgan fingerprint density at radius 1 is 0.444 bits per heavy atom. The van der Waals surface area contributed by atoms with Gasteiger partial charge in [0.05, 0.1) is 0 Å². The molecular formula is C27H26. The van der Waals surface area contributed by atoms with Crippen molar-refractivity contribution in [3.63, 3.8) is 0 Å². The standard InChI is InChI=1S/C14H14.C13H12/c1-12(13-8-4-2-5-9-13)14-10-6-3-7-11-14;1-3-7-12(8-4-1)11-13-9-5-2-6-10-13/h2-12H,1H3;1-10H,11H2. The normalized spacial score (nSPS) is 10.1. The first-order valence-corrected chi connectivity index (χ1v) is 9.50. The van der Waals surface area contributed by atoms with Gasteiger partial charge in [0.25, 0.3) is 0 Å². The van der Waals surface area contributed by atoms with Gasteiger partial charge in [0.15, 0.2) is 0 Å². The molecule has 0 heterocycles. The van der Waals surface area contributed by atoms with E-state index in [4.69, 9.17) is 0 Å². The molecule has 4 rings (SSSR count). The molecule has 0 aliphatic heterocycles. The largest absolute Gasteiger partial charge is 0.0622 e. The van der Waals surface area contributed by atoms with Crippen LogP contribution in [0.1, 0.15) is 35.1 Å². The molecule has 0 atom stereocenters. The van der Waals surface area contributed by atoms with Gasteiger partial charge in [0, 0.05) is 5.92 Å². The summed E-state index contributed by atoms with van der Waals surface area (Å²) in [5, 5.41) is 0. The quantitative estimate of drug-likeness (QED) is 0.368. The van der Waals surface area contributed by atoms with Gasteiger partial charge >= 0.3 is 0 Å². The highest BCUT2D eigenvalue weighted by molar-refractivity contribution is 5.31. The second kappa shape index (κ2) is 10.1. The molecule has 134 valence electrons. The van der Waals surface area contributed by atoms with E-state index in [1.165, 1.54) is 22.3 Å². The Morgan fingerprint density at radius 2 is 0.741 bits per heavy atom. The van der Waals surface area contributed by atoms with Gasteiger partial charge in [-0.3, -0.25) is 0 Å². The Hall–Kier alpha value is -3.12. The van der Waals surface area contributed by atoms with E-state index in [-0.39, 0.29) is 0 Å². The SMILES string of the molecule is CC(c1ccccc1)c1ccccc1.c1ccc(Cc2ccccc2)cc1. The van der Waals surface area contributed by atoms with E-state index in [2.05, 4.69) is 128 Å². The zero-order valence-electron chi connectivity index (χ0n) is 15.8. The number of rotatable bonds is 4. The molecular weight excluding hydrogens is 324 g/mol.